The molecule has 0 radical (unpaired) electrons. The molecule has 1 N–H and O–H groups in total. The van der Waals surface area contributed by atoms with Crippen LogP contribution in [0.4, 0.5) is 0 Å². The van der Waals surface area contributed by atoms with Crippen molar-refractivity contribution in [1.29, 1.82) is 0 Å². The largest absolute Gasteiger partial charge is 0.491 e. The zero-order valence-corrected chi connectivity index (χ0v) is 16.3. The third-order valence-electron chi connectivity index (χ3n) is 4.82. The normalized spacial score (nSPS) is 11.0. The van der Waals surface area contributed by atoms with Gasteiger partial charge in [0.15, 0.2) is 0 Å². The molecular formula is C23H24N4O2. The first kappa shape index (κ1) is 18.9. The zero-order valence-electron chi connectivity index (χ0n) is 16.3. The highest BCUT2D eigenvalue weighted by Crippen LogP contribution is 2.23. The van der Waals surface area contributed by atoms with E-state index in [9.17, 15) is 4.79 Å². The molecule has 4 aromatic rings. The Morgan fingerprint density at radius 3 is 2.72 bits per heavy atom. The van der Waals surface area contributed by atoms with Crippen molar-refractivity contribution in [2.45, 2.75) is 25.8 Å². The Morgan fingerprint density at radius 2 is 1.79 bits per heavy atom. The molecule has 0 atom stereocenters. The topological polar surface area (TPSA) is 69.0 Å². The molecule has 6 nitrogen and oxygen atoms in total. The van der Waals surface area contributed by atoms with Crippen molar-refractivity contribution >= 4 is 27.8 Å². The maximum absolute atomic E-state index is 12.0. The second-order valence-electron chi connectivity index (χ2n) is 6.91. The van der Waals surface area contributed by atoms with Crippen molar-refractivity contribution in [3.05, 3.63) is 67.1 Å². The van der Waals surface area contributed by atoms with Crippen molar-refractivity contribution < 1.29 is 9.53 Å². The molecule has 0 aliphatic heterocycles. The first-order valence-electron chi connectivity index (χ1n) is 9.94. The van der Waals surface area contributed by atoms with Crippen LogP contribution in [0.1, 0.15) is 19.3 Å². The lowest BCUT2D eigenvalue weighted by Gasteiger charge is -2.09. The highest BCUT2D eigenvalue weighted by atomic mass is 16.5. The van der Waals surface area contributed by atoms with Crippen LogP contribution in [0.3, 0.4) is 0 Å². The van der Waals surface area contributed by atoms with E-state index in [2.05, 4.69) is 32.0 Å². The number of carbonyl (C=O) groups excluding carboxylic acids is 1. The number of rotatable bonds is 9. The van der Waals surface area contributed by atoms with Gasteiger partial charge in [0, 0.05) is 48.9 Å². The highest BCUT2D eigenvalue weighted by Gasteiger charge is 2.05. The van der Waals surface area contributed by atoms with Gasteiger partial charge in [0.05, 0.1) is 6.61 Å². The summed E-state index contributed by atoms with van der Waals surface area (Å²) in [4.78, 5) is 20.8. The second-order valence-corrected chi connectivity index (χ2v) is 6.91. The lowest BCUT2D eigenvalue weighted by atomic mass is 10.2. The Labute approximate surface area is 169 Å². The molecule has 0 aliphatic carbocycles. The summed E-state index contributed by atoms with van der Waals surface area (Å²) in [5.41, 5.74) is 1.84. The number of hydrogen-bond donors (Lipinski definition) is 1. The van der Waals surface area contributed by atoms with E-state index in [0.717, 1.165) is 40.7 Å². The van der Waals surface area contributed by atoms with Crippen molar-refractivity contribution in [2.75, 3.05) is 13.2 Å². The van der Waals surface area contributed by atoms with E-state index in [0.29, 0.717) is 26.0 Å². The number of amides is 1. The van der Waals surface area contributed by atoms with Crippen LogP contribution in [0, 0.1) is 0 Å². The molecule has 4 rings (SSSR count). The zero-order chi connectivity index (χ0) is 19.9. The van der Waals surface area contributed by atoms with Crippen LogP contribution in [0.2, 0.25) is 0 Å². The minimum atomic E-state index is 0.0557. The Hall–Kier alpha value is -3.41. The third kappa shape index (κ3) is 4.71. The third-order valence-corrected chi connectivity index (χ3v) is 4.82. The molecule has 6 heteroatoms. The van der Waals surface area contributed by atoms with E-state index in [1.54, 1.807) is 12.4 Å². The maximum atomic E-state index is 12.0. The Bertz CT molecular complexity index is 1100. The second kappa shape index (κ2) is 9.19. The van der Waals surface area contributed by atoms with Gasteiger partial charge in [-0.15, -0.1) is 0 Å². The van der Waals surface area contributed by atoms with Crippen molar-refractivity contribution in [2.24, 2.45) is 0 Å². The maximum Gasteiger partial charge on any atom is 0.220 e. The number of nitrogens with zero attached hydrogens (tertiary/aromatic N) is 3. The number of fused-ring (bicyclic) bond motifs is 2. The van der Waals surface area contributed by atoms with Gasteiger partial charge in [-0.25, -0.2) is 4.98 Å². The van der Waals surface area contributed by atoms with Crippen LogP contribution < -0.4 is 10.1 Å². The Kier molecular flexibility index (Phi) is 6.00. The first-order chi connectivity index (χ1) is 14.3. The molecule has 0 fully saturated rings. The molecule has 29 heavy (non-hydrogen) atoms. The van der Waals surface area contributed by atoms with Gasteiger partial charge < -0.3 is 14.6 Å². The van der Waals surface area contributed by atoms with Crippen LogP contribution in [0.25, 0.3) is 21.9 Å². The van der Waals surface area contributed by atoms with E-state index in [-0.39, 0.29) is 5.91 Å². The average Bonchev–Trinajstić information content (AvgIpc) is 3.17. The van der Waals surface area contributed by atoms with Crippen molar-refractivity contribution in [3.63, 3.8) is 0 Å². The van der Waals surface area contributed by atoms with Crippen molar-refractivity contribution in [1.82, 2.24) is 19.9 Å². The van der Waals surface area contributed by atoms with E-state index in [1.165, 1.54) is 0 Å². The molecule has 0 saturated heterocycles. The summed E-state index contributed by atoms with van der Waals surface area (Å²) in [6.07, 6.45) is 7.59. The monoisotopic (exact) mass is 388 g/mol. The predicted octanol–water partition coefficient (Wildman–Crippen LogP) is 3.95. The smallest absolute Gasteiger partial charge is 0.220 e. The number of pyridine rings is 2. The van der Waals surface area contributed by atoms with E-state index in [1.807, 2.05) is 42.6 Å². The SMILES string of the molecule is O=C(CCCOc1cccc2cccnc12)NCCCn1ccc2cccnc21. The summed E-state index contributed by atoms with van der Waals surface area (Å²) in [5.74, 6) is 0.816. The number of hydrogen-bond acceptors (Lipinski definition) is 4. The summed E-state index contributed by atoms with van der Waals surface area (Å²) in [6, 6.07) is 15.8. The quantitative estimate of drug-likeness (QED) is 0.441. The van der Waals surface area contributed by atoms with Gasteiger partial charge in [-0.2, -0.15) is 0 Å². The van der Waals surface area contributed by atoms with Crippen LogP contribution in [0.5, 0.6) is 5.75 Å². The highest BCUT2D eigenvalue weighted by molar-refractivity contribution is 5.84. The molecule has 0 spiro atoms. The fraction of sp³-hybridized carbons (Fsp3) is 0.261. The van der Waals surface area contributed by atoms with Gasteiger partial charge >= 0.3 is 0 Å². The van der Waals surface area contributed by atoms with Gasteiger partial charge in [-0.3, -0.25) is 9.78 Å². The molecule has 1 amide bonds. The van der Waals surface area contributed by atoms with Gasteiger partial charge in [0.1, 0.15) is 16.9 Å². The molecule has 1 aromatic carbocycles. The van der Waals surface area contributed by atoms with E-state index < -0.39 is 0 Å². The van der Waals surface area contributed by atoms with Crippen LogP contribution in [-0.4, -0.2) is 33.6 Å². The summed E-state index contributed by atoms with van der Waals surface area (Å²) < 4.78 is 7.95. The Balaban J connectivity index is 1.15. The van der Waals surface area contributed by atoms with Crippen LogP contribution >= 0.6 is 0 Å². The molecule has 0 bridgehead atoms. The van der Waals surface area contributed by atoms with Gasteiger partial charge in [0.25, 0.3) is 0 Å². The standard InChI is InChI=1S/C23H24N4O2/c28-21(24-14-5-15-27-16-11-19-8-3-13-26-23(19)27)10-4-17-29-20-9-1-6-18-7-2-12-25-22(18)20/h1-3,6-9,11-13,16H,4-5,10,14-15,17H2,(H,24,28). The molecule has 0 aliphatic rings. The number of ether oxygens (including phenoxy) is 1. The summed E-state index contributed by atoms with van der Waals surface area (Å²) in [5, 5.41) is 5.17. The van der Waals surface area contributed by atoms with E-state index >= 15 is 0 Å². The fourth-order valence-corrected chi connectivity index (χ4v) is 3.37. The van der Waals surface area contributed by atoms with Gasteiger partial charge in [-0.1, -0.05) is 18.2 Å². The number of aromatic nitrogens is 3. The summed E-state index contributed by atoms with van der Waals surface area (Å²) in [7, 11) is 0. The summed E-state index contributed by atoms with van der Waals surface area (Å²) in [6.45, 7) is 1.97. The Morgan fingerprint density at radius 1 is 0.966 bits per heavy atom. The van der Waals surface area contributed by atoms with Gasteiger partial charge in [0.2, 0.25) is 5.91 Å². The van der Waals surface area contributed by atoms with E-state index in [4.69, 9.17) is 4.74 Å². The number of para-hydroxylation sites is 1. The predicted molar refractivity (Wildman–Crippen MR) is 114 cm³/mol. The summed E-state index contributed by atoms with van der Waals surface area (Å²) >= 11 is 0. The van der Waals surface area contributed by atoms with Crippen LogP contribution in [0.15, 0.2) is 67.1 Å². The molecule has 0 unspecified atom stereocenters. The lowest BCUT2D eigenvalue weighted by Crippen LogP contribution is -2.25. The fourth-order valence-electron chi connectivity index (χ4n) is 3.37. The minimum Gasteiger partial charge on any atom is -0.491 e. The molecular weight excluding hydrogens is 364 g/mol. The molecule has 3 heterocycles. The van der Waals surface area contributed by atoms with Crippen LogP contribution in [-0.2, 0) is 11.3 Å². The first-order valence-corrected chi connectivity index (χ1v) is 9.94. The number of carbonyl (C=O) groups is 1. The molecule has 148 valence electrons. The van der Waals surface area contributed by atoms with Gasteiger partial charge in [-0.05, 0) is 43.2 Å². The number of aryl methyl sites for hydroxylation is 1. The van der Waals surface area contributed by atoms with Crippen molar-refractivity contribution in [3.8, 4) is 5.75 Å². The molecule has 3 aromatic heterocycles. The molecule has 0 saturated carbocycles. The number of nitrogens with one attached hydrogen (secondary N) is 1. The minimum absolute atomic E-state index is 0.0557. The number of benzene rings is 1. The average molecular weight is 388 g/mol. The lowest BCUT2D eigenvalue weighted by molar-refractivity contribution is -0.121.